The highest BCUT2D eigenvalue weighted by Crippen LogP contribution is 2.28. The first-order valence-electron chi connectivity index (χ1n) is 10.1. The van der Waals surface area contributed by atoms with Gasteiger partial charge in [0.15, 0.2) is 0 Å². The summed E-state index contributed by atoms with van der Waals surface area (Å²) >= 11 is 0. The number of carbonyl (C=O) groups is 1. The fraction of sp³-hybridized carbons (Fsp3) is 0.522. The van der Waals surface area contributed by atoms with E-state index in [9.17, 15) is 14.3 Å². The highest BCUT2D eigenvalue weighted by molar-refractivity contribution is 5.86. The Kier molecular flexibility index (Phi) is 6.36. The van der Waals surface area contributed by atoms with Crippen LogP contribution in [0.25, 0.3) is 5.57 Å². The number of benzene rings is 1. The molecule has 0 spiro atoms. The van der Waals surface area contributed by atoms with E-state index in [0.717, 1.165) is 37.1 Å². The van der Waals surface area contributed by atoms with E-state index in [4.69, 9.17) is 0 Å². The van der Waals surface area contributed by atoms with Crippen molar-refractivity contribution < 1.29 is 14.3 Å². The van der Waals surface area contributed by atoms with Crippen LogP contribution in [-0.2, 0) is 4.79 Å². The Labute approximate surface area is 167 Å². The van der Waals surface area contributed by atoms with E-state index in [0.29, 0.717) is 25.4 Å². The van der Waals surface area contributed by atoms with Crippen LogP contribution < -0.4 is 5.32 Å². The predicted molar refractivity (Wildman–Crippen MR) is 111 cm³/mol. The van der Waals surface area contributed by atoms with E-state index in [2.05, 4.69) is 10.2 Å². The number of alkyl halides is 1. The average molecular weight is 387 g/mol. The third kappa shape index (κ3) is 5.30. The Hall–Kier alpha value is -1.98. The predicted octanol–water partition coefficient (Wildman–Crippen LogP) is 3.90. The van der Waals surface area contributed by atoms with E-state index in [1.807, 2.05) is 42.5 Å². The van der Waals surface area contributed by atoms with Crippen molar-refractivity contribution in [2.24, 2.45) is 5.92 Å². The fourth-order valence-corrected chi connectivity index (χ4v) is 4.06. The highest BCUT2D eigenvalue weighted by Gasteiger charge is 2.37. The number of piperidine rings is 1. The van der Waals surface area contributed by atoms with Gasteiger partial charge in [-0.1, -0.05) is 48.6 Å². The van der Waals surface area contributed by atoms with Gasteiger partial charge in [-0.05, 0) is 69.8 Å². The van der Waals surface area contributed by atoms with Crippen LogP contribution in [0.3, 0.4) is 0 Å². The molecule has 2 N–H and O–H groups in total. The SMILES string of the molecule is CC(C)(F)CN1CCC(CNC2(C(=O)O)C=CC(c3ccccc3)=CC2)CC1. The maximum atomic E-state index is 13.8. The molecule has 1 aliphatic heterocycles. The molecule has 4 nitrogen and oxygen atoms in total. The summed E-state index contributed by atoms with van der Waals surface area (Å²) in [5.74, 6) is -0.424. The van der Waals surface area contributed by atoms with E-state index in [-0.39, 0.29) is 0 Å². The zero-order valence-electron chi connectivity index (χ0n) is 16.8. The zero-order valence-corrected chi connectivity index (χ0v) is 16.8. The molecule has 1 aliphatic carbocycles. The smallest absolute Gasteiger partial charge is 0.328 e. The molecule has 3 rings (SSSR count). The molecular formula is C23H31FN2O2. The van der Waals surface area contributed by atoms with Crippen molar-refractivity contribution in [3.05, 3.63) is 54.1 Å². The number of likely N-dealkylation sites (tertiary alicyclic amines) is 1. The van der Waals surface area contributed by atoms with Crippen molar-refractivity contribution in [2.45, 2.75) is 44.3 Å². The van der Waals surface area contributed by atoms with Gasteiger partial charge in [0.05, 0.1) is 0 Å². The van der Waals surface area contributed by atoms with E-state index in [1.54, 1.807) is 19.9 Å². The summed E-state index contributed by atoms with van der Waals surface area (Å²) in [5, 5.41) is 13.2. The molecule has 152 valence electrons. The van der Waals surface area contributed by atoms with Crippen LogP contribution >= 0.6 is 0 Å². The normalized spacial score (nSPS) is 24.2. The number of rotatable bonds is 7. The van der Waals surface area contributed by atoms with E-state index in [1.165, 1.54) is 0 Å². The summed E-state index contributed by atoms with van der Waals surface area (Å²) in [7, 11) is 0. The summed E-state index contributed by atoms with van der Waals surface area (Å²) in [5.41, 5.74) is -0.0628. The van der Waals surface area contributed by atoms with Crippen molar-refractivity contribution in [3.63, 3.8) is 0 Å². The molecule has 1 heterocycles. The number of hydrogen-bond donors (Lipinski definition) is 2. The van der Waals surface area contributed by atoms with Crippen molar-refractivity contribution in [2.75, 3.05) is 26.2 Å². The number of aliphatic carboxylic acids is 1. The maximum absolute atomic E-state index is 13.8. The lowest BCUT2D eigenvalue weighted by atomic mass is 9.85. The molecule has 1 unspecified atom stereocenters. The number of allylic oxidation sites excluding steroid dienone is 2. The van der Waals surface area contributed by atoms with Gasteiger partial charge in [-0.3, -0.25) is 5.32 Å². The minimum absolute atomic E-state index is 0.420. The Bertz CT molecular complexity index is 731. The van der Waals surface area contributed by atoms with E-state index >= 15 is 0 Å². The summed E-state index contributed by atoms with van der Waals surface area (Å²) < 4.78 is 13.8. The van der Waals surface area contributed by atoms with Crippen LogP contribution in [-0.4, -0.2) is 53.4 Å². The second kappa shape index (κ2) is 8.58. The molecule has 1 aromatic carbocycles. The lowest BCUT2D eigenvalue weighted by Gasteiger charge is -2.36. The lowest BCUT2D eigenvalue weighted by molar-refractivity contribution is -0.142. The van der Waals surface area contributed by atoms with Crippen molar-refractivity contribution >= 4 is 11.5 Å². The minimum atomic E-state index is -1.17. The molecular weight excluding hydrogens is 355 g/mol. The van der Waals surface area contributed by atoms with Gasteiger partial charge in [0.25, 0.3) is 0 Å². The third-order valence-corrected chi connectivity index (χ3v) is 5.69. The first-order valence-corrected chi connectivity index (χ1v) is 10.1. The van der Waals surface area contributed by atoms with Crippen molar-refractivity contribution in [3.8, 4) is 0 Å². The summed E-state index contributed by atoms with van der Waals surface area (Å²) in [6, 6.07) is 10.0. The second-order valence-electron chi connectivity index (χ2n) is 8.66. The molecule has 28 heavy (non-hydrogen) atoms. The summed E-state index contributed by atoms with van der Waals surface area (Å²) in [6.45, 7) is 6.09. The van der Waals surface area contributed by atoms with Crippen LogP contribution in [0.5, 0.6) is 0 Å². The number of carboxylic acid groups (broad SMARTS) is 1. The number of carboxylic acids is 1. The van der Waals surface area contributed by atoms with Gasteiger partial charge < -0.3 is 10.0 Å². The topological polar surface area (TPSA) is 52.6 Å². The Balaban J connectivity index is 1.55. The molecule has 1 saturated heterocycles. The van der Waals surface area contributed by atoms with Crippen LogP contribution in [0.1, 0.15) is 38.7 Å². The van der Waals surface area contributed by atoms with Gasteiger partial charge in [0.2, 0.25) is 0 Å². The molecule has 1 atom stereocenters. The number of halogens is 1. The van der Waals surface area contributed by atoms with E-state index < -0.39 is 17.2 Å². The van der Waals surface area contributed by atoms with Gasteiger partial charge >= 0.3 is 5.97 Å². The van der Waals surface area contributed by atoms with Crippen LogP contribution in [0.4, 0.5) is 4.39 Å². The highest BCUT2D eigenvalue weighted by atomic mass is 19.1. The Morgan fingerprint density at radius 1 is 1.29 bits per heavy atom. The molecule has 0 bridgehead atoms. The molecule has 0 radical (unpaired) electrons. The first-order chi connectivity index (χ1) is 13.3. The van der Waals surface area contributed by atoms with Crippen LogP contribution in [0.15, 0.2) is 48.6 Å². The monoisotopic (exact) mass is 386 g/mol. The van der Waals surface area contributed by atoms with Gasteiger partial charge in [0.1, 0.15) is 11.2 Å². The Morgan fingerprint density at radius 3 is 2.50 bits per heavy atom. The van der Waals surface area contributed by atoms with Crippen LogP contribution in [0.2, 0.25) is 0 Å². The molecule has 0 saturated carbocycles. The number of nitrogens with one attached hydrogen (secondary N) is 1. The minimum Gasteiger partial charge on any atom is -0.480 e. The molecule has 2 aliphatic rings. The summed E-state index contributed by atoms with van der Waals surface area (Å²) in [6.07, 6.45) is 8.06. The maximum Gasteiger partial charge on any atom is 0.328 e. The van der Waals surface area contributed by atoms with Gasteiger partial charge in [-0.15, -0.1) is 0 Å². The van der Waals surface area contributed by atoms with Crippen molar-refractivity contribution in [1.82, 2.24) is 10.2 Å². The number of nitrogens with zero attached hydrogens (tertiary/aromatic N) is 1. The third-order valence-electron chi connectivity index (χ3n) is 5.69. The average Bonchev–Trinajstić information content (AvgIpc) is 2.67. The fourth-order valence-electron chi connectivity index (χ4n) is 4.06. The quantitative estimate of drug-likeness (QED) is 0.746. The first kappa shape index (κ1) is 20.7. The lowest BCUT2D eigenvalue weighted by Crippen LogP contribution is -2.53. The Morgan fingerprint density at radius 2 is 1.96 bits per heavy atom. The zero-order chi connectivity index (χ0) is 20.2. The standard InChI is InChI=1S/C23H31FN2O2/c1-22(2,24)17-26-14-10-18(11-15-26)16-25-23(21(27)28)12-8-20(9-13-23)19-6-4-3-5-7-19/h3-9,12,18,25H,10-11,13-17H2,1-2H3,(H,27,28). The second-order valence-corrected chi connectivity index (χ2v) is 8.66. The molecule has 1 aromatic rings. The molecule has 0 amide bonds. The molecule has 1 fully saturated rings. The van der Waals surface area contributed by atoms with Crippen molar-refractivity contribution in [1.29, 1.82) is 0 Å². The molecule has 0 aromatic heterocycles. The van der Waals surface area contributed by atoms with Gasteiger partial charge in [0, 0.05) is 6.54 Å². The molecule has 5 heteroatoms. The summed E-state index contributed by atoms with van der Waals surface area (Å²) in [4.78, 5) is 14.2. The van der Waals surface area contributed by atoms with Crippen LogP contribution in [0, 0.1) is 5.92 Å². The van der Waals surface area contributed by atoms with Gasteiger partial charge in [-0.2, -0.15) is 0 Å². The van der Waals surface area contributed by atoms with Gasteiger partial charge in [-0.25, -0.2) is 9.18 Å². The largest absolute Gasteiger partial charge is 0.480 e. The number of hydrogen-bond acceptors (Lipinski definition) is 3.